The number of carbonyl (C=O) groups is 1. The third-order valence-electron chi connectivity index (χ3n) is 1.44. The number of azide groups is 1. The van der Waals surface area contributed by atoms with Crippen LogP contribution in [0.3, 0.4) is 0 Å². The van der Waals surface area contributed by atoms with Gasteiger partial charge in [-0.2, -0.15) is 0 Å². The first kappa shape index (κ1) is 12.7. The molecule has 6 nitrogen and oxygen atoms in total. The number of halogens is 1. The molecule has 0 unspecified atom stereocenters. The maximum Gasteiger partial charge on any atom is 0.323 e. The predicted octanol–water partition coefficient (Wildman–Crippen LogP) is 0.915. The van der Waals surface area contributed by atoms with E-state index in [-0.39, 0.29) is 19.6 Å². The van der Waals surface area contributed by atoms with Crippen molar-refractivity contribution in [3.8, 4) is 0 Å². The topological polar surface area (TPSA) is 101 Å². The van der Waals surface area contributed by atoms with Gasteiger partial charge >= 0.3 is 5.97 Å². The summed E-state index contributed by atoms with van der Waals surface area (Å²) in [6.45, 7) is 1.53. The van der Waals surface area contributed by atoms with Gasteiger partial charge in [0.15, 0.2) is 0 Å². The van der Waals surface area contributed by atoms with E-state index >= 15 is 0 Å². The SMILES string of the molecule is CCOC(=O)[C@@H](N)C[C@H](F)CN=[N+]=[N-]. The molecule has 0 aromatic heterocycles. The quantitative estimate of drug-likeness (QED) is 0.301. The van der Waals surface area contributed by atoms with E-state index in [4.69, 9.17) is 11.3 Å². The van der Waals surface area contributed by atoms with Gasteiger partial charge in [-0.15, -0.1) is 0 Å². The van der Waals surface area contributed by atoms with Crippen LogP contribution in [0.25, 0.3) is 10.4 Å². The van der Waals surface area contributed by atoms with Crippen LogP contribution >= 0.6 is 0 Å². The Kier molecular flexibility index (Phi) is 6.43. The fourth-order valence-electron chi connectivity index (χ4n) is 0.821. The van der Waals surface area contributed by atoms with E-state index < -0.39 is 18.2 Å². The zero-order valence-electron chi connectivity index (χ0n) is 7.89. The first-order valence-electron chi connectivity index (χ1n) is 4.19. The Morgan fingerprint density at radius 1 is 1.79 bits per heavy atom. The molecule has 0 saturated carbocycles. The van der Waals surface area contributed by atoms with E-state index in [1.54, 1.807) is 6.92 Å². The van der Waals surface area contributed by atoms with Gasteiger partial charge in [-0.3, -0.25) is 4.79 Å². The number of rotatable bonds is 6. The predicted molar refractivity (Wildman–Crippen MR) is 48.1 cm³/mol. The molecule has 80 valence electrons. The van der Waals surface area contributed by atoms with E-state index in [9.17, 15) is 9.18 Å². The molecule has 0 spiro atoms. The van der Waals surface area contributed by atoms with Crippen molar-refractivity contribution in [2.75, 3.05) is 13.2 Å². The molecule has 0 saturated heterocycles. The molecule has 0 aliphatic carbocycles. The molecule has 0 aliphatic rings. The summed E-state index contributed by atoms with van der Waals surface area (Å²) in [5.74, 6) is -0.643. The van der Waals surface area contributed by atoms with Crippen molar-refractivity contribution < 1.29 is 13.9 Å². The zero-order chi connectivity index (χ0) is 11.0. The van der Waals surface area contributed by atoms with Gasteiger partial charge in [-0.1, -0.05) is 5.11 Å². The van der Waals surface area contributed by atoms with Crippen molar-refractivity contribution in [2.45, 2.75) is 25.6 Å². The highest BCUT2D eigenvalue weighted by molar-refractivity contribution is 5.75. The fraction of sp³-hybridized carbons (Fsp3) is 0.857. The van der Waals surface area contributed by atoms with Crippen LogP contribution in [0.15, 0.2) is 5.11 Å². The fourth-order valence-corrected chi connectivity index (χ4v) is 0.821. The Bertz CT molecular complexity index is 230. The summed E-state index contributed by atoms with van der Waals surface area (Å²) in [6, 6.07) is -1.00. The number of hydrogen-bond donors (Lipinski definition) is 1. The molecule has 2 atom stereocenters. The number of nitrogens with zero attached hydrogens (tertiary/aromatic N) is 3. The second kappa shape index (κ2) is 7.11. The second-order valence-corrected chi connectivity index (χ2v) is 2.60. The molecular weight excluding hydrogens is 191 g/mol. The number of nitrogens with two attached hydrogens (primary N) is 1. The van der Waals surface area contributed by atoms with E-state index in [1.165, 1.54) is 0 Å². The van der Waals surface area contributed by atoms with Crippen LogP contribution in [0.2, 0.25) is 0 Å². The van der Waals surface area contributed by atoms with Gasteiger partial charge in [-0.05, 0) is 12.5 Å². The normalized spacial score (nSPS) is 13.9. The standard InChI is InChI=1S/C7H13FN4O2/c1-2-14-7(13)6(9)3-5(8)4-11-12-10/h5-6H,2-4,9H2,1H3/t5-,6-/m0/s1. The maximum absolute atomic E-state index is 12.9. The van der Waals surface area contributed by atoms with Crippen LogP contribution in [0.5, 0.6) is 0 Å². The molecule has 0 aliphatic heterocycles. The van der Waals surface area contributed by atoms with E-state index in [1.807, 2.05) is 0 Å². The minimum absolute atomic E-state index is 0.197. The Morgan fingerprint density at radius 3 is 2.93 bits per heavy atom. The van der Waals surface area contributed by atoms with E-state index in [2.05, 4.69) is 14.8 Å². The number of hydrogen-bond acceptors (Lipinski definition) is 4. The maximum atomic E-state index is 12.9. The van der Waals surface area contributed by atoms with Gasteiger partial charge in [0.25, 0.3) is 0 Å². The summed E-state index contributed by atoms with van der Waals surface area (Å²) < 4.78 is 17.5. The molecule has 0 rings (SSSR count). The largest absolute Gasteiger partial charge is 0.465 e. The second-order valence-electron chi connectivity index (χ2n) is 2.60. The lowest BCUT2D eigenvalue weighted by atomic mass is 10.1. The van der Waals surface area contributed by atoms with E-state index in [0.29, 0.717) is 0 Å². The highest BCUT2D eigenvalue weighted by atomic mass is 19.1. The van der Waals surface area contributed by atoms with Gasteiger partial charge in [0.05, 0.1) is 13.2 Å². The summed E-state index contributed by atoms with van der Waals surface area (Å²) in [5.41, 5.74) is 13.2. The Hall–Kier alpha value is -1.33. The van der Waals surface area contributed by atoms with Crippen LogP contribution in [-0.2, 0) is 9.53 Å². The zero-order valence-corrected chi connectivity index (χ0v) is 7.89. The Morgan fingerprint density at radius 2 is 2.43 bits per heavy atom. The summed E-state index contributed by atoms with van der Waals surface area (Å²) in [4.78, 5) is 13.3. The summed E-state index contributed by atoms with van der Waals surface area (Å²) in [6.07, 6.45) is -1.61. The van der Waals surface area contributed by atoms with Crippen LogP contribution < -0.4 is 5.73 Å². The molecule has 2 N–H and O–H groups in total. The van der Waals surface area contributed by atoms with Gasteiger partial charge in [0, 0.05) is 11.3 Å². The van der Waals surface area contributed by atoms with Gasteiger partial charge in [-0.25, -0.2) is 4.39 Å². The average Bonchev–Trinajstić information content (AvgIpc) is 2.15. The van der Waals surface area contributed by atoms with Crippen molar-refractivity contribution in [3.05, 3.63) is 10.4 Å². The van der Waals surface area contributed by atoms with E-state index in [0.717, 1.165) is 0 Å². The highest BCUT2D eigenvalue weighted by Crippen LogP contribution is 2.03. The van der Waals surface area contributed by atoms with Crippen molar-refractivity contribution >= 4 is 5.97 Å². The van der Waals surface area contributed by atoms with Crippen molar-refractivity contribution in [3.63, 3.8) is 0 Å². The first-order chi connectivity index (χ1) is 6.61. The van der Waals surface area contributed by atoms with Gasteiger partial charge < -0.3 is 10.5 Å². The smallest absolute Gasteiger partial charge is 0.323 e. The van der Waals surface area contributed by atoms with Gasteiger partial charge in [0.1, 0.15) is 12.2 Å². The lowest BCUT2D eigenvalue weighted by Crippen LogP contribution is -2.35. The Balaban J connectivity index is 3.85. The van der Waals surface area contributed by atoms with Crippen LogP contribution in [0, 0.1) is 0 Å². The lowest BCUT2D eigenvalue weighted by molar-refractivity contribution is -0.145. The van der Waals surface area contributed by atoms with Crippen LogP contribution in [0.1, 0.15) is 13.3 Å². The van der Waals surface area contributed by atoms with Crippen molar-refractivity contribution in [2.24, 2.45) is 10.8 Å². The van der Waals surface area contributed by atoms with Crippen LogP contribution in [-0.4, -0.2) is 31.3 Å². The number of esters is 1. The number of alkyl halides is 1. The first-order valence-corrected chi connectivity index (χ1v) is 4.19. The van der Waals surface area contributed by atoms with Crippen molar-refractivity contribution in [1.29, 1.82) is 0 Å². The molecule has 14 heavy (non-hydrogen) atoms. The third kappa shape index (κ3) is 5.34. The number of carbonyl (C=O) groups excluding carboxylic acids is 1. The van der Waals surface area contributed by atoms with Crippen LogP contribution in [0.4, 0.5) is 4.39 Å². The van der Waals surface area contributed by atoms with Crippen molar-refractivity contribution in [1.82, 2.24) is 0 Å². The van der Waals surface area contributed by atoms with Gasteiger partial charge in [0.2, 0.25) is 0 Å². The monoisotopic (exact) mass is 204 g/mol. The minimum atomic E-state index is -1.41. The molecular formula is C7H13FN4O2. The molecule has 0 aromatic rings. The third-order valence-corrected chi connectivity index (χ3v) is 1.44. The molecule has 0 radical (unpaired) electrons. The summed E-state index contributed by atoms with van der Waals surface area (Å²) >= 11 is 0. The molecule has 7 heteroatoms. The molecule has 0 aromatic carbocycles. The molecule has 0 amide bonds. The number of ether oxygens (including phenoxy) is 1. The average molecular weight is 204 g/mol. The minimum Gasteiger partial charge on any atom is -0.465 e. The molecule has 0 heterocycles. The summed E-state index contributed by atoms with van der Waals surface area (Å²) in [7, 11) is 0. The molecule has 0 fully saturated rings. The highest BCUT2D eigenvalue weighted by Gasteiger charge is 2.19. The Labute approximate surface area is 80.8 Å². The summed E-state index contributed by atoms with van der Waals surface area (Å²) in [5, 5.41) is 3.03. The lowest BCUT2D eigenvalue weighted by Gasteiger charge is -2.11. The molecule has 0 bridgehead atoms.